The van der Waals surface area contributed by atoms with E-state index in [9.17, 15) is 14.4 Å². The molecule has 0 radical (unpaired) electrons. The number of nitrogens with one attached hydrogen (secondary N) is 1. The zero-order valence-electron chi connectivity index (χ0n) is 13.7. The van der Waals surface area contributed by atoms with Crippen LogP contribution in [0, 0.1) is 6.92 Å². The Labute approximate surface area is 151 Å². The van der Waals surface area contributed by atoms with E-state index in [4.69, 9.17) is 0 Å². The molecule has 3 aromatic rings. The fraction of sp³-hybridized carbons (Fsp3) is 0.167. The maximum absolute atomic E-state index is 12.6. The average molecular weight is 402 g/mol. The summed E-state index contributed by atoms with van der Waals surface area (Å²) < 4.78 is 1.87. The van der Waals surface area contributed by atoms with Crippen molar-refractivity contribution in [3.8, 4) is 0 Å². The van der Waals surface area contributed by atoms with Crippen molar-refractivity contribution in [3.05, 3.63) is 73.3 Å². The fourth-order valence-electron chi connectivity index (χ4n) is 2.57. The van der Waals surface area contributed by atoms with Gasteiger partial charge < -0.3 is 9.88 Å². The summed E-state index contributed by atoms with van der Waals surface area (Å²) in [5.74, 6) is -0.357. The highest BCUT2D eigenvalue weighted by atomic mass is 79.9. The Bertz CT molecular complexity index is 1080. The molecule has 1 heterocycles. The van der Waals surface area contributed by atoms with Crippen LogP contribution < -0.4 is 16.1 Å². The molecular formula is C18H16BrN3O3. The van der Waals surface area contributed by atoms with E-state index in [1.807, 2.05) is 19.1 Å². The van der Waals surface area contributed by atoms with E-state index in [1.54, 1.807) is 37.4 Å². The second kappa shape index (κ2) is 6.68. The van der Waals surface area contributed by atoms with Crippen LogP contribution in [0.1, 0.15) is 5.56 Å². The maximum atomic E-state index is 12.6. The highest BCUT2D eigenvalue weighted by molar-refractivity contribution is 9.10. The van der Waals surface area contributed by atoms with Crippen LogP contribution in [0.5, 0.6) is 0 Å². The van der Waals surface area contributed by atoms with Gasteiger partial charge >= 0.3 is 5.69 Å². The molecule has 1 amide bonds. The summed E-state index contributed by atoms with van der Waals surface area (Å²) in [5.41, 5.74) is 1.05. The van der Waals surface area contributed by atoms with Crippen LogP contribution in [0.2, 0.25) is 0 Å². The molecule has 0 aliphatic heterocycles. The van der Waals surface area contributed by atoms with Crippen LogP contribution in [-0.2, 0) is 11.3 Å². The Morgan fingerprint density at radius 3 is 2.64 bits per heavy atom. The number of nitrogens with zero attached hydrogens (tertiary/aromatic N) is 2. The number of aryl methyl sites for hydroxylation is 1. The second-order valence-electron chi connectivity index (χ2n) is 5.75. The van der Waals surface area contributed by atoms with Gasteiger partial charge in [-0.2, -0.15) is 0 Å². The third-order valence-corrected chi connectivity index (χ3v) is 4.98. The Kier molecular flexibility index (Phi) is 4.59. The summed E-state index contributed by atoms with van der Waals surface area (Å²) in [7, 11) is 1.62. The van der Waals surface area contributed by atoms with E-state index in [0.29, 0.717) is 16.6 Å². The summed E-state index contributed by atoms with van der Waals surface area (Å²) in [5, 5.41) is 0.372. The normalized spacial score (nSPS) is 10.8. The molecule has 1 N–H and O–H groups in total. The van der Waals surface area contributed by atoms with Crippen LogP contribution in [0.25, 0.3) is 10.9 Å². The number of anilines is 1. The lowest BCUT2D eigenvalue weighted by molar-refractivity contribution is -0.119. The highest BCUT2D eigenvalue weighted by Gasteiger charge is 2.16. The van der Waals surface area contributed by atoms with Crippen LogP contribution in [-0.4, -0.2) is 22.5 Å². The van der Waals surface area contributed by atoms with Crippen molar-refractivity contribution in [3.63, 3.8) is 0 Å². The highest BCUT2D eigenvalue weighted by Crippen LogP contribution is 2.22. The third-order valence-electron chi connectivity index (χ3n) is 4.09. The van der Waals surface area contributed by atoms with Gasteiger partial charge in [0.2, 0.25) is 5.91 Å². The third kappa shape index (κ3) is 3.28. The molecule has 0 atom stereocenters. The maximum Gasteiger partial charge on any atom is 0.329 e. The van der Waals surface area contributed by atoms with Crippen molar-refractivity contribution >= 4 is 38.4 Å². The second-order valence-corrected chi connectivity index (χ2v) is 6.61. The van der Waals surface area contributed by atoms with E-state index in [2.05, 4.69) is 20.9 Å². The first-order valence-electron chi connectivity index (χ1n) is 7.63. The SMILES string of the molecule is Cc1cc(N(C)C(=O)Cn2c(=O)[nH]c3ccccc3c2=O)ccc1Br. The lowest BCUT2D eigenvalue weighted by Crippen LogP contribution is -2.41. The summed E-state index contributed by atoms with van der Waals surface area (Å²) in [6.07, 6.45) is 0. The minimum Gasteiger partial charge on any atom is -0.314 e. The lowest BCUT2D eigenvalue weighted by Gasteiger charge is -2.18. The van der Waals surface area contributed by atoms with Crippen molar-refractivity contribution in [1.82, 2.24) is 9.55 Å². The van der Waals surface area contributed by atoms with Gasteiger partial charge in [-0.25, -0.2) is 4.79 Å². The molecule has 7 heteroatoms. The molecule has 0 spiro atoms. The number of halogens is 1. The van der Waals surface area contributed by atoms with Gasteiger partial charge in [-0.15, -0.1) is 0 Å². The number of hydrogen-bond acceptors (Lipinski definition) is 3. The van der Waals surface area contributed by atoms with Gasteiger partial charge in [0.1, 0.15) is 6.54 Å². The number of carbonyl (C=O) groups excluding carboxylic acids is 1. The van der Waals surface area contributed by atoms with Crippen molar-refractivity contribution in [2.75, 3.05) is 11.9 Å². The molecule has 0 bridgehead atoms. The summed E-state index contributed by atoms with van der Waals surface area (Å²) >= 11 is 3.42. The van der Waals surface area contributed by atoms with Gasteiger partial charge in [-0.1, -0.05) is 28.1 Å². The smallest absolute Gasteiger partial charge is 0.314 e. The number of hydrogen-bond donors (Lipinski definition) is 1. The zero-order chi connectivity index (χ0) is 18.1. The van der Waals surface area contributed by atoms with Crippen LogP contribution in [0.3, 0.4) is 0 Å². The summed E-state index contributed by atoms with van der Waals surface area (Å²) in [6.45, 7) is 1.59. The molecule has 3 rings (SSSR count). The topological polar surface area (TPSA) is 75.2 Å². The fourth-order valence-corrected chi connectivity index (χ4v) is 2.81. The number of aromatic amines is 1. The zero-order valence-corrected chi connectivity index (χ0v) is 15.3. The molecule has 1 aromatic heterocycles. The first kappa shape index (κ1) is 17.2. The van der Waals surface area contributed by atoms with Crippen molar-refractivity contribution < 1.29 is 4.79 Å². The number of amides is 1. The van der Waals surface area contributed by atoms with Gasteiger partial charge in [0, 0.05) is 17.2 Å². The molecule has 6 nitrogen and oxygen atoms in total. The van der Waals surface area contributed by atoms with Gasteiger partial charge in [-0.3, -0.25) is 14.2 Å². The summed E-state index contributed by atoms with van der Waals surface area (Å²) in [6, 6.07) is 12.2. The molecule has 0 unspecified atom stereocenters. The molecular weight excluding hydrogens is 386 g/mol. The monoisotopic (exact) mass is 401 g/mol. The molecule has 0 fully saturated rings. The number of benzene rings is 2. The van der Waals surface area contributed by atoms with Crippen LogP contribution in [0.15, 0.2) is 56.5 Å². The Morgan fingerprint density at radius 2 is 1.92 bits per heavy atom. The van der Waals surface area contributed by atoms with E-state index in [1.165, 1.54) is 4.90 Å². The van der Waals surface area contributed by atoms with E-state index in [0.717, 1.165) is 14.6 Å². The predicted molar refractivity (Wildman–Crippen MR) is 101 cm³/mol. The Hall–Kier alpha value is -2.67. The Morgan fingerprint density at radius 1 is 1.20 bits per heavy atom. The molecule has 0 aliphatic carbocycles. The molecule has 128 valence electrons. The number of para-hydroxylation sites is 1. The number of carbonyl (C=O) groups is 1. The largest absolute Gasteiger partial charge is 0.329 e. The molecule has 2 aromatic carbocycles. The van der Waals surface area contributed by atoms with E-state index < -0.39 is 11.2 Å². The van der Waals surface area contributed by atoms with Gasteiger partial charge in [0.25, 0.3) is 5.56 Å². The standard InChI is InChI=1S/C18H16BrN3O3/c1-11-9-12(7-8-14(11)19)21(2)16(23)10-22-17(24)13-5-3-4-6-15(13)20-18(22)25/h3-9H,10H2,1-2H3,(H,20,25). The number of fused-ring (bicyclic) bond motifs is 1. The minimum atomic E-state index is -0.600. The van der Waals surface area contributed by atoms with Gasteiger partial charge in [0.15, 0.2) is 0 Å². The quantitative estimate of drug-likeness (QED) is 0.731. The number of aromatic nitrogens is 2. The van der Waals surface area contributed by atoms with Gasteiger partial charge in [-0.05, 0) is 42.8 Å². The number of H-pyrrole nitrogens is 1. The summed E-state index contributed by atoms with van der Waals surface area (Å²) in [4.78, 5) is 41.3. The van der Waals surface area contributed by atoms with Crippen molar-refractivity contribution in [1.29, 1.82) is 0 Å². The van der Waals surface area contributed by atoms with Crippen LogP contribution in [0.4, 0.5) is 5.69 Å². The first-order valence-corrected chi connectivity index (χ1v) is 8.42. The van der Waals surface area contributed by atoms with Gasteiger partial charge in [0.05, 0.1) is 10.9 Å². The number of rotatable bonds is 3. The van der Waals surface area contributed by atoms with Crippen LogP contribution >= 0.6 is 15.9 Å². The lowest BCUT2D eigenvalue weighted by atomic mass is 10.2. The molecule has 0 aliphatic rings. The minimum absolute atomic E-state index is 0.329. The molecule has 25 heavy (non-hydrogen) atoms. The number of likely N-dealkylation sites (N-methyl/N-ethyl adjacent to an activating group) is 1. The Balaban J connectivity index is 1.95. The first-order chi connectivity index (χ1) is 11.9. The average Bonchev–Trinajstić information content (AvgIpc) is 2.60. The van der Waals surface area contributed by atoms with E-state index >= 15 is 0 Å². The molecule has 0 saturated carbocycles. The van der Waals surface area contributed by atoms with Crippen molar-refractivity contribution in [2.24, 2.45) is 0 Å². The molecule has 0 saturated heterocycles. The van der Waals surface area contributed by atoms with Crippen molar-refractivity contribution in [2.45, 2.75) is 13.5 Å². The van der Waals surface area contributed by atoms with E-state index in [-0.39, 0.29) is 12.5 Å². The predicted octanol–water partition coefficient (Wildman–Crippen LogP) is 2.42.